The number of carbonyl (C=O) groups excluding carboxylic acids is 2. The molecule has 0 aliphatic carbocycles. The third-order valence-corrected chi connectivity index (χ3v) is 3.96. The van der Waals surface area contributed by atoms with Crippen molar-refractivity contribution in [2.45, 2.75) is 13.3 Å². The molecule has 5 nitrogen and oxygen atoms in total. The maximum absolute atomic E-state index is 13.7. The number of anilines is 1. The summed E-state index contributed by atoms with van der Waals surface area (Å²) in [6, 6.07) is 10.9. The predicted molar refractivity (Wildman–Crippen MR) is 98.6 cm³/mol. The molecule has 0 fully saturated rings. The summed E-state index contributed by atoms with van der Waals surface area (Å²) in [6.07, 6.45) is 0.185. The summed E-state index contributed by atoms with van der Waals surface area (Å²) in [4.78, 5) is 23.5. The van der Waals surface area contributed by atoms with Crippen molar-refractivity contribution in [3.63, 3.8) is 0 Å². The molecule has 3 rings (SSSR count). The van der Waals surface area contributed by atoms with Gasteiger partial charge in [-0.15, -0.1) is 0 Å². The lowest BCUT2D eigenvalue weighted by molar-refractivity contribution is -0.131. The van der Waals surface area contributed by atoms with Gasteiger partial charge in [0.05, 0.1) is 0 Å². The van der Waals surface area contributed by atoms with Crippen LogP contribution in [-0.2, 0) is 11.2 Å². The summed E-state index contributed by atoms with van der Waals surface area (Å²) in [5.41, 5.74) is 0.0154. The van der Waals surface area contributed by atoms with Crippen LogP contribution >= 0.6 is 11.6 Å². The van der Waals surface area contributed by atoms with Gasteiger partial charge in [0.2, 0.25) is 0 Å². The molecule has 0 spiro atoms. The third-order valence-electron chi connectivity index (χ3n) is 3.73. The molecule has 28 heavy (non-hydrogen) atoms. The Balaban J connectivity index is 1.78. The number of rotatable bonds is 5. The molecule has 2 aromatic carbocycles. The Labute approximate surface area is 163 Å². The van der Waals surface area contributed by atoms with Crippen LogP contribution in [0.15, 0.2) is 52.9 Å². The molecule has 1 heterocycles. The van der Waals surface area contributed by atoms with E-state index in [0.29, 0.717) is 22.1 Å². The van der Waals surface area contributed by atoms with Crippen LogP contribution in [0.5, 0.6) is 5.75 Å². The quantitative estimate of drug-likeness (QED) is 0.480. The fourth-order valence-corrected chi connectivity index (χ4v) is 2.71. The minimum absolute atomic E-state index is 0.131. The number of para-hydroxylation sites is 1. The Morgan fingerprint density at radius 3 is 2.50 bits per heavy atom. The maximum atomic E-state index is 13.7. The zero-order valence-electron chi connectivity index (χ0n) is 14.6. The van der Waals surface area contributed by atoms with Crippen LogP contribution in [0.3, 0.4) is 0 Å². The van der Waals surface area contributed by atoms with Crippen molar-refractivity contribution >= 4 is 29.2 Å². The normalized spacial score (nSPS) is 10.6. The van der Waals surface area contributed by atoms with E-state index in [-0.39, 0.29) is 12.2 Å². The highest BCUT2D eigenvalue weighted by molar-refractivity contribution is 6.30. The zero-order chi connectivity index (χ0) is 20.3. The van der Waals surface area contributed by atoms with Crippen LogP contribution in [0, 0.1) is 11.6 Å². The van der Waals surface area contributed by atoms with Gasteiger partial charge in [0.15, 0.2) is 5.76 Å². The van der Waals surface area contributed by atoms with Crippen molar-refractivity contribution in [1.29, 1.82) is 0 Å². The number of esters is 1. The number of amides is 1. The van der Waals surface area contributed by atoms with E-state index < -0.39 is 29.2 Å². The van der Waals surface area contributed by atoms with E-state index in [4.69, 9.17) is 20.8 Å². The number of benzene rings is 2. The van der Waals surface area contributed by atoms with Crippen molar-refractivity contribution < 1.29 is 27.5 Å². The van der Waals surface area contributed by atoms with Crippen LogP contribution < -0.4 is 10.1 Å². The van der Waals surface area contributed by atoms with E-state index in [1.165, 1.54) is 25.1 Å². The number of furan rings is 1. The molecule has 144 valence electrons. The van der Waals surface area contributed by atoms with Gasteiger partial charge in [-0.3, -0.25) is 9.59 Å². The molecule has 0 bridgehead atoms. The third kappa shape index (κ3) is 4.55. The van der Waals surface area contributed by atoms with Gasteiger partial charge in [0.25, 0.3) is 5.91 Å². The average molecular weight is 406 g/mol. The first-order valence-electron chi connectivity index (χ1n) is 8.14. The summed E-state index contributed by atoms with van der Waals surface area (Å²) < 4.78 is 37.9. The second-order valence-electron chi connectivity index (χ2n) is 5.84. The second kappa shape index (κ2) is 8.22. The first kappa shape index (κ1) is 19.6. The molecule has 3 aromatic rings. The average Bonchev–Trinajstić information content (AvgIpc) is 3.09. The molecular weight excluding hydrogens is 392 g/mol. The van der Waals surface area contributed by atoms with Gasteiger partial charge >= 0.3 is 5.97 Å². The summed E-state index contributed by atoms with van der Waals surface area (Å²) in [7, 11) is 0. The van der Waals surface area contributed by atoms with E-state index in [1.54, 1.807) is 18.2 Å². The number of nitrogens with one attached hydrogen (secondary N) is 1. The lowest BCUT2D eigenvalue weighted by Gasteiger charge is -2.08. The Morgan fingerprint density at radius 2 is 1.82 bits per heavy atom. The molecule has 1 aromatic heterocycles. The highest BCUT2D eigenvalue weighted by Gasteiger charge is 2.17. The van der Waals surface area contributed by atoms with Gasteiger partial charge in [-0.25, -0.2) is 8.78 Å². The van der Waals surface area contributed by atoms with Crippen molar-refractivity contribution in [2.75, 3.05) is 5.32 Å². The fraction of sp³-hybridized carbons (Fsp3) is 0.100. The predicted octanol–water partition coefficient (Wildman–Crippen LogP) is 4.98. The Hall–Kier alpha value is -3.19. The van der Waals surface area contributed by atoms with Gasteiger partial charge in [0.1, 0.15) is 28.8 Å². The molecule has 0 aliphatic rings. The molecule has 1 N–H and O–H groups in total. The highest BCUT2D eigenvalue weighted by atomic mass is 35.5. The van der Waals surface area contributed by atoms with Crippen LogP contribution in [0.25, 0.3) is 0 Å². The summed E-state index contributed by atoms with van der Waals surface area (Å²) >= 11 is 5.99. The molecule has 0 saturated heterocycles. The van der Waals surface area contributed by atoms with Crippen molar-refractivity contribution in [3.8, 4) is 5.75 Å². The van der Waals surface area contributed by atoms with Gasteiger partial charge in [0, 0.05) is 23.9 Å². The van der Waals surface area contributed by atoms with Gasteiger partial charge in [-0.1, -0.05) is 17.7 Å². The number of carbonyl (C=O) groups is 2. The van der Waals surface area contributed by atoms with E-state index in [9.17, 15) is 18.4 Å². The fourth-order valence-electron chi connectivity index (χ4n) is 2.52. The van der Waals surface area contributed by atoms with E-state index in [2.05, 4.69) is 5.32 Å². The first-order valence-corrected chi connectivity index (χ1v) is 8.52. The molecular formula is C20H14ClF2NO4. The highest BCUT2D eigenvalue weighted by Crippen LogP contribution is 2.27. The SMILES string of the molecule is CC(=O)Oc1ccc(Cl)cc1Cc1ccc(C(=O)Nc2c(F)cccc2F)o1. The number of halogens is 3. The minimum atomic E-state index is -0.898. The Morgan fingerprint density at radius 1 is 1.11 bits per heavy atom. The lowest BCUT2D eigenvalue weighted by Crippen LogP contribution is -2.13. The topological polar surface area (TPSA) is 68.5 Å². The molecule has 0 atom stereocenters. The van der Waals surface area contributed by atoms with E-state index in [0.717, 1.165) is 12.1 Å². The van der Waals surface area contributed by atoms with Crippen LogP contribution in [0.2, 0.25) is 5.02 Å². The molecule has 0 radical (unpaired) electrons. The lowest BCUT2D eigenvalue weighted by atomic mass is 10.1. The van der Waals surface area contributed by atoms with Gasteiger partial charge in [-0.2, -0.15) is 0 Å². The second-order valence-corrected chi connectivity index (χ2v) is 6.28. The van der Waals surface area contributed by atoms with Crippen molar-refractivity contribution in [2.24, 2.45) is 0 Å². The Bertz CT molecular complexity index is 1030. The van der Waals surface area contributed by atoms with Crippen molar-refractivity contribution in [3.05, 3.63) is 82.3 Å². The van der Waals surface area contributed by atoms with Gasteiger partial charge in [-0.05, 0) is 42.5 Å². The van der Waals surface area contributed by atoms with Crippen LogP contribution in [0.1, 0.15) is 28.8 Å². The molecule has 0 unspecified atom stereocenters. The summed E-state index contributed by atoms with van der Waals surface area (Å²) in [6.45, 7) is 1.27. The molecule has 0 aliphatic heterocycles. The van der Waals surface area contributed by atoms with Gasteiger partial charge < -0.3 is 14.5 Å². The van der Waals surface area contributed by atoms with Crippen LogP contribution in [-0.4, -0.2) is 11.9 Å². The zero-order valence-corrected chi connectivity index (χ0v) is 15.3. The molecule has 8 heteroatoms. The molecule has 1 amide bonds. The standard InChI is InChI=1S/C20H14ClF2NO4/c1-11(25)27-17-7-5-13(21)9-12(17)10-14-6-8-18(28-14)20(26)24-19-15(22)3-2-4-16(19)23/h2-9H,10H2,1H3,(H,24,26). The Kier molecular flexibility index (Phi) is 5.75. The smallest absolute Gasteiger partial charge is 0.308 e. The number of ether oxygens (including phenoxy) is 1. The monoisotopic (exact) mass is 405 g/mol. The van der Waals surface area contributed by atoms with E-state index >= 15 is 0 Å². The maximum Gasteiger partial charge on any atom is 0.308 e. The number of hydrogen-bond donors (Lipinski definition) is 1. The largest absolute Gasteiger partial charge is 0.456 e. The molecule has 0 saturated carbocycles. The summed E-state index contributed by atoms with van der Waals surface area (Å²) in [5.74, 6) is -2.54. The number of hydrogen-bond acceptors (Lipinski definition) is 4. The first-order chi connectivity index (χ1) is 13.3. The summed E-state index contributed by atoms with van der Waals surface area (Å²) in [5, 5.41) is 2.58. The van der Waals surface area contributed by atoms with E-state index in [1.807, 2.05) is 0 Å². The van der Waals surface area contributed by atoms with Crippen LogP contribution in [0.4, 0.5) is 14.5 Å². The minimum Gasteiger partial charge on any atom is -0.456 e. The van der Waals surface area contributed by atoms with Crippen molar-refractivity contribution in [1.82, 2.24) is 0 Å².